The van der Waals surface area contributed by atoms with Crippen LogP contribution in [0.15, 0.2) is 321 Å². The highest BCUT2D eigenvalue weighted by atomic mass is 15.1. The van der Waals surface area contributed by atoms with E-state index in [1.54, 1.807) is 0 Å². The van der Waals surface area contributed by atoms with E-state index in [0.29, 0.717) is 5.92 Å². The molecule has 0 saturated heterocycles. The minimum absolute atomic E-state index is 0.136. The third-order valence-corrected chi connectivity index (χ3v) is 20.2. The van der Waals surface area contributed by atoms with Crippen LogP contribution in [0.25, 0.3) is 166 Å². The zero-order valence-corrected chi connectivity index (χ0v) is 53.8. The Labute approximate surface area is 558 Å². The van der Waals surface area contributed by atoms with Crippen molar-refractivity contribution >= 4 is 88.1 Å². The van der Waals surface area contributed by atoms with Crippen LogP contribution < -0.4 is 0 Å². The molecule has 1 unspecified atom stereocenters. The number of benzene rings is 14. The summed E-state index contributed by atoms with van der Waals surface area (Å²) in [5.41, 5.74) is 26.0. The van der Waals surface area contributed by atoms with Gasteiger partial charge in [0.05, 0.1) is 22.1 Å². The number of imidazole rings is 1. The van der Waals surface area contributed by atoms with Gasteiger partial charge in [-0.2, -0.15) is 0 Å². The van der Waals surface area contributed by atoms with E-state index >= 15 is 0 Å². The van der Waals surface area contributed by atoms with Crippen LogP contribution in [0.4, 0.5) is 0 Å². The molecule has 3 aromatic heterocycles. The molecule has 0 aliphatic heterocycles. The standard InChI is InChI=1S/C49H38N2.C43H28N2/c1-49(2,3)37-26-34-21-23-41-43(32-19-17-31(18-20-32)36-11-9-25-50-30-36)29-44(42-24-22-35(27-37)47(34)48(41)42)33-10-8-12-38(28-33)51-45-15-6-4-13-39(45)40-14-5-7-16-46(40)51;1-2-14-34(15-3-1)45-40-21-11-10-20-39(40)44-43(45)31-25-23-30(24-26-31)41-35-16-6-8-18-37(35)42(38-19-9-7-17-36(38)41)33-27-22-29-12-4-5-13-32(29)28-33/h4-25,27-30,34H,26H2,1-3H3;1-28H. The van der Waals surface area contributed by atoms with Crippen LogP contribution in [0.1, 0.15) is 49.8 Å². The average Bonchev–Trinajstić information content (AvgIpc) is 1.62. The maximum absolute atomic E-state index is 5.09. The van der Waals surface area contributed by atoms with E-state index in [0.717, 1.165) is 40.1 Å². The Bertz CT molecular complexity index is 5890. The lowest BCUT2D eigenvalue weighted by molar-refractivity contribution is 0.477. The summed E-state index contributed by atoms with van der Waals surface area (Å²) in [5.74, 6) is 1.31. The lowest BCUT2D eigenvalue weighted by atomic mass is 9.70. The van der Waals surface area contributed by atoms with E-state index in [4.69, 9.17) is 4.98 Å². The second-order valence-electron chi connectivity index (χ2n) is 26.8. The van der Waals surface area contributed by atoms with Crippen LogP contribution in [0.5, 0.6) is 0 Å². The predicted octanol–water partition coefficient (Wildman–Crippen LogP) is 24.8. The number of fused-ring (bicyclic) bond motifs is 7. The van der Waals surface area contributed by atoms with Gasteiger partial charge in [-0.05, 0) is 194 Å². The molecule has 1 atom stereocenters. The molecular formula is C92H66N4. The summed E-state index contributed by atoms with van der Waals surface area (Å²) in [5, 5.41) is 12.8. The first-order valence-electron chi connectivity index (χ1n) is 33.4. The minimum Gasteiger partial charge on any atom is -0.309 e. The summed E-state index contributed by atoms with van der Waals surface area (Å²) in [6.07, 6.45) is 12.2. The van der Waals surface area contributed by atoms with E-state index in [2.05, 4.69) is 344 Å². The van der Waals surface area contributed by atoms with Gasteiger partial charge in [-0.25, -0.2) is 4.98 Å². The summed E-state index contributed by atoms with van der Waals surface area (Å²) in [6, 6.07) is 108. The Balaban J connectivity index is 0.000000141. The zero-order chi connectivity index (χ0) is 64.0. The Morgan fingerprint density at radius 3 is 1.65 bits per heavy atom. The van der Waals surface area contributed by atoms with Gasteiger partial charge in [0, 0.05) is 46.0 Å². The number of hydrogen-bond donors (Lipinski definition) is 0. The van der Waals surface area contributed by atoms with Gasteiger partial charge in [-0.1, -0.05) is 275 Å². The van der Waals surface area contributed by atoms with Crippen molar-refractivity contribution in [1.82, 2.24) is 19.1 Å². The van der Waals surface area contributed by atoms with Crippen molar-refractivity contribution in [2.45, 2.75) is 33.1 Å². The van der Waals surface area contributed by atoms with Crippen LogP contribution in [-0.4, -0.2) is 19.1 Å². The summed E-state index contributed by atoms with van der Waals surface area (Å²) in [6.45, 7) is 7.04. The first kappa shape index (κ1) is 56.7. The Hall–Kier alpha value is -12.0. The quantitative estimate of drug-likeness (QED) is 0.142. The molecule has 0 bridgehead atoms. The van der Waals surface area contributed by atoms with Crippen molar-refractivity contribution in [2.24, 2.45) is 5.41 Å². The van der Waals surface area contributed by atoms with Gasteiger partial charge in [0.2, 0.25) is 0 Å². The number of rotatable bonds is 8. The monoisotopic (exact) mass is 1230 g/mol. The molecule has 4 heteroatoms. The molecule has 14 aromatic carbocycles. The lowest BCUT2D eigenvalue weighted by Crippen LogP contribution is -2.17. The summed E-state index contributed by atoms with van der Waals surface area (Å²) in [4.78, 5) is 9.45. The number of nitrogens with zero attached hydrogens (tertiary/aromatic N) is 4. The van der Waals surface area contributed by atoms with E-state index in [1.165, 1.54) is 143 Å². The number of para-hydroxylation sites is 5. The molecule has 0 amide bonds. The number of hydrogen-bond acceptors (Lipinski definition) is 2. The molecule has 19 rings (SSSR count). The largest absolute Gasteiger partial charge is 0.309 e. The fourth-order valence-corrected chi connectivity index (χ4v) is 15.6. The molecule has 0 fully saturated rings. The van der Waals surface area contributed by atoms with Gasteiger partial charge >= 0.3 is 0 Å². The number of aromatic nitrogens is 4. The molecule has 2 aliphatic rings. The normalized spacial score (nSPS) is 13.4. The van der Waals surface area contributed by atoms with Gasteiger partial charge in [-0.3, -0.25) is 9.55 Å². The van der Waals surface area contributed by atoms with Crippen LogP contribution in [-0.2, 0) is 0 Å². The highest BCUT2D eigenvalue weighted by Gasteiger charge is 2.32. The van der Waals surface area contributed by atoms with Crippen LogP contribution in [0, 0.1) is 5.41 Å². The van der Waals surface area contributed by atoms with Crippen molar-refractivity contribution in [1.29, 1.82) is 0 Å². The number of pyridine rings is 1. The molecule has 0 N–H and O–H groups in total. The topological polar surface area (TPSA) is 35.6 Å². The first-order valence-corrected chi connectivity index (χ1v) is 33.4. The fraction of sp³-hybridized carbons (Fsp3) is 0.0652. The molecule has 4 nitrogen and oxygen atoms in total. The predicted molar refractivity (Wildman–Crippen MR) is 406 cm³/mol. The second-order valence-corrected chi connectivity index (χ2v) is 26.8. The van der Waals surface area contributed by atoms with Crippen LogP contribution in [0.3, 0.4) is 0 Å². The van der Waals surface area contributed by atoms with Crippen molar-refractivity contribution in [3.05, 3.63) is 338 Å². The second kappa shape index (κ2) is 22.9. The van der Waals surface area contributed by atoms with Crippen LogP contribution in [0.2, 0.25) is 0 Å². The molecule has 454 valence electrons. The van der Waals surface area contributed by atoms with Crippen molar-refractivity contribution in [3.63, 3.8) is 0 Å². The van der Waals surface area contributed by atoms with E-state index in [1.807, 2.05) is 18.5 Å². The van der Waals surface area contributed by atoms with Crippen molar-refractivity contribution in [3.8, 4) is 78.4 Å². The van der Waals surface area contributed by atoms with Gasteiger partial charge in [0.1, 0.15) is 5.82 Å². The van der Waals surface area contributed by atoms with E-state index < -0.39 is 0 Å². The molecular weight excluding hydrogens is 1160 g/mol. The Kier molecular flexibility index (Phi) is 13.6. The average molecular weight is 1230 g/mol. The van der Waals surface area contributed by atoms with Gasteiger partial charge in [-0.15, -0.1) is 0 Å². The third-order valence-electron chi connectivity index (χ3n) is 20.2. The summed E-state index contributed by atoms with van der Waals surface area (Å²) in [7, 11) is 0. The zero-order valence-electron chi connectivity index (χ0n) is 53.8. The maximum Gasteiger partial charge on any atom is 0.145 e. The smallest absolute Gasteiger partial charge is 0.145 e. The molecule has 2 aliphatic carbocycles. The molecule has 0 saturated carbocycles. The van der Waals surface area contributed by atoms with Gasteiger partial charge in [0.25, 0.3) is 0 Å². The van der Waals surface area contributed by atoms with Crippen molar-refractivity contribution < 1.29 is 0 Å². The molecule has 96 heavy (non-hydrogen) atoms. The number of allylic oxidation sites excluding steroid dienone is 2. The highest BCUT2D eigenvalue weighted by molar-refractivity contribution is 6.22. The maximum atomic E-state index is 5.09. The molecule has 0 spiro atoms. The minimum atomic E-state index is 0.136. The van der Waals surface area contributed by atoms with Gasteiger partial charge < -0.3 is 4.57 Å². The van der Waals surface area contributed by atoms with E-state index in [9.17, 15) is 0 Å². The highest BCUT2D eigenvalue weighted by Crippen LogP contribution is 2.52. The summed E-state index contributed by atoms with van der Waals surface area (Å²) < 4.78 is 4.68. The third kappa shape index (κ3) is 9.58. The molecule has 17 aromatic rings. The molecule has 0 radical (unpaired) electrons. The van der Waals surface area contributed by atoms with Gasteiger partial charge in [0.15, 0.2) is 0 Å². The Morgan fingerprint density at radius 1 is 0.385 bits per heavy atom. The van der Waals surface area contributed by atoms with Crippen LogP contribution >= 0.6 is 0 Å². The fourth-order valence-electron chi connectivity index (χ4n) is 15.6. The van der Waals surface area contributed by atoms with Crippen molar-refractivity contribution in [2.75, 3.05) is 0 Å². The molecule has 3 heterocycles. The Morgan fingerprint density at radius 2 is 0.958 bits per heavy atom. The summed E-state index contributed by atoms with van der Waals surface area (Å²) >= 11 is 0. The van der Waals surface area contributed by atoms with E-state index in [-0.39, 0.29) is 5.41 Å². The first-order chi connectivity index (χ1) is 47.3. The SMILES string of the molecule is CC(C)(C)C1=Cc2ccc3c(-c4cccc(-n5c6ccccc6c6ccccc65)c4)cc(-c4ccc(-c5cccnc5)cc4)c4c3c2C(C=C4)C1.c1ccc(-n2c(-c3ccc(-c4c5ccccc5c(-c5ccc6ccccc6c5)c5ccccc45)cc3)nc3ccccc32)cc1. The lowest BCUT2D eigenvalue weighted by Gasteiger charge is -2.34.